The molecule has 70 valence electrons. The lowest BCUT2D eigenvalue weighted by atomic mass is 9.91. The van der Waals surface area contributed by atoms with Crippen LogP contribution in [-0.2, 0) is 4.74 Å². The second-order valence-electron chi connectivity index (χ2n) is 4.15. The molecule has 2 heteroatoms. The standard InChI is InChI=1S/C10H19NO/c1-4-9-6-11(5-2)7-10(9)8(3)12-10/h8-9H,4-7H2,1-3H3. The summed E-state index contributed by atoms with van der Waals surface area (Å²) in [6, 6.07) is 0. The first-order chi connectivity index (χ1) is 5.73. The third kappa shape index (κ3) is 1.01. The second kappa shape index (κ2) is 2.71. The van der Waals surface area contributed by atoms with Crippen LogP contribution in [0.25, 0.3) is 0 Å². The molecule has 0 aromatic carbocycles. The second-order valence-corrected chi connectivity index (χ2v) is 4.15. The molecule has 2 saturated heterocycles. The van der Waals surface area contributed by atoms with E-state index >= 15 is 0 Å². The molecule has 1 spiro atoms. The largest absolute Gasteiger partial charge is 0.365 e. The summed E-state index contributed by atoms with van der Waals surface area (Å²) in [4.78, 5) is 2.51. The number of hydrogen-bond donors (Lipinski definition) is 0. The molecule has 2 rings (SSSR count). The lowest BCUT2D eigenvalue weighted by Crippen LogP contribution is -2.25. The van der Waals surface area contributed by atoms with E-state index in [1.54, 1.807) is 0 Å². The summed E-state index contributed by atoms with van der Waals surface area (Å²) in [6.45, 7) is 10.3. The van der Waals surface area contributed by atoms with Crippen LogP contribution in [0.5, 0.6) is 0 Å². The highest BCUT2D eigenvalue weighted by Gasteiger charge is 2.61. The van der Waals surface area contributed by atoms with E-state index in [1.807, 2.05) is 0 Å². The molecule has 0 saturated carbocycles. The topological polar surface area (TPSA) is 15.8 Å². The number of hydrogen-bond acceptors (Lipinski definition) is 2. The highest BCUT2D eigenvalue weighted by atomic mass is 16.6. The average molecular weight is 169 g/mol. The minimum absolute atomic E-state index is 0.269. The quantitative estimate of drug-likeness (QED) is 0.582. The predicted octanol–water partition coefficient (Wildman–Crippen LogP) is 1.51. The van der Waals surface area contributed by atoms with Gasteiger partial charge in [-0.2, -0.15) is 0 Å². The molecular weight excluding hydrogens is 150 g/mol. The number of nitrogens with zero attached hydrogens (tertiary/aromatic N) is 1. The number of likely N-dealkylation sites (N-methyl/N-ethyl adjacent to an activating group) is 1. The smallest absolute Gasteiger partial charge is 0.111 e. The highest BCUT2D eigenvalue weighted by molar-refractivity contribution is 5.11. The maximum atomic E-state index is 5.76. The molecule has 0 N–H and O–H groups in total. The van der Waals surface area contributed by atoms with Crippen LogP contribution in [0.15, 0.2) is 0 Å². The minimum atomic E-state index is 0.269. The average Bonchev–Trinajstić information content (AvgIpc) is 2.59. The first-order valence-electron chi connectivity index (χ1n) is 5.13. The number of rotatable bonds is 2. The van der Waals surface area contributed by atoms with Crippen LogP contribution in [0.3, 0.4) is 0 Å². The van der Waals surface area contributed by atoms with E-state index in [2.05, 4.69) is 25.7 Å². The molecule has 3 unspecified atom stereocenters. The first-order valence-corrected chi connectivity index (χ1v) is 5.13. The first kappa shape index (κ1) is 8.52. The van der Waals surface area contributed by atoms with Crippen LogP contribution < -0.4 is 0 Å². The van der Waals surface area contributed by atoms with E-state index in [1.165, 1.54) is 26.1 Å². The molecule has 0 aromatic heterocycles. The predicted molar refractivity (Wildman–Crippen MR) is 49.2 cm³/mol. The molecule has 0 aliphatic carbocycles. The maximum absolute atomic E-state index is 5.76. The zero-order valence-corrected chi connectivity index (χ0v) is 8.34. The molecule has 2 aliphatic heterocycles. The van der Waals surface area contributed by atoms with Crippen molar-refractivity contribution in [2.75, 3.05) is 19.6 Å². The van der Waals surface area contributed by atoms with E-state index in [9.17, 15) is 0 Å². The summed E-state index contributed by atoms with van der Waals surface area (Å²) < 4.78 is 5.76. The third-order valence-electron chi connectivity index (χ3n) is 3.61. The number of epoxide rings is 1. The van der Waals surface area contributed by atoms with Gasteiger partial charge in [0.05, 0.1) is 6.10 Å². The monoisotopic (exact) mass is 169 g/mol. The Labute approximate surface area is 74.9 Å². The summed E-state index contributed by atoms with van der Waals surface area (Å²) in [5.74, 6) is 0.785. The summed E-state index contributed by atoms with van der Waals surface area (Å²) in [5.41, 5.74) is 0.269. The van der Waals surface area contributed by atoms with Gasteiger partial charge in [0.15, 0.2) is 0 Å². The van der Waals surface area contributed by atoms with Crippen molar-refractivity contribution in [2.24, 2.45) is 5.92 Å². The van der Waals surface area contributed by atoms with Gasteiger partial charge in [-0.15, -0.1) is 0 Å². The van der Waals surface area contributed by atoms with Crippen molar-refractivity contribution in [3.05, 3.63) is 0 Å². The van der Waals surface area contributed by atoms with Crippen LogP contribution in [0.1, 0.15) is 27.2 Å². The Balaban J connectivity index is 2.05. The Bertz CT molecular complexity index is 183. The van der Waals surface area contributed by atoms with Gasteiger partial charge >= 0.3 is 0 Å². The SMILES string of the molecule is CCC1CN(CC)CC12OC2C. The maximum Gasteiger partial charge on any atom is 0.111 e. The molecule has 0 radical (unpaired) electrons. The Morgan fingerprint density at radius 1 is 1.50 bits per heavy atom. The van der Waals surface area contributed by atoms with Crippen molar-refractivity contribution in [1.82, 2.24) is 4.90 Å². The van der Waals surface area contributed by atoms with Gasteiger partial charge in [0.2, 0.25) is 0 Å². The number of ether oxygens (including phenoxy) is 1. The summed E-state index contributed by atoms with van der Waals surface area (Å²) in [6.07, 6.45) is 1.78. The van der Waals surface area contributed by atoms with Crippen molar-refractivity contribution in [3.8, 4) is 0 Å². The molecule has 2 fully saturated rings. The van der Waals surface area contributed by atoms with Gasteiger partial charge in [-0.3, -0.25) is 0 Å². The Morgan fingerprint density at radius 2 is 2.17 bits per heavy atom. The lowest BCUT2D eigenvalue weighted by Gasteiger charge is -2.10. The van der Waals surface area contributed by atoms with Crippen LogP contribution in [0.4, 0.5) is 0 Å². The molecule has 0 aromatic rings. The third-order valence-corrected chi connectivity index (χ3v) is 3.61. The Hall–Kier alpha value is -0.0800. The van der Waals surface area contributed by atoms with Gasteiger partial charge in [-0.25, -0.2) is 0 Å². The summed E-state index contributed by atoms with van der Waals surface area (Å²) >= 11 is 0. The molecule has 0 amide bonds. The molecule has 0 bridgehead atoms. The van der Waals surface area contributed by atoms with Gasteiger partial charge in [-0.05, 0) is 19.9 Å². The fourth-order valence-corrected chi connectivity index (χ4v) is 2.61. The van der Waals surface area contributed by atoms with Crippen molar-refractivity contribution in [2.45, 2.75) is 38.9 Å². The van der Waals surface area contributed by atoms with Gasteiger partial charge in [0.1, 0.15) is 5.60 Å². The van der Waals surface area contributed by atoms with Crippen LogP contribution in [-0.4, -0.2) is 36.2 Å². The van der Waals surface area contributed by atoms with Crippen LogP contribution in [0.2, 0.25) is 0 Å². The molecule has 12 heavy (non-hydrogen) atoms. The number of likely N-dealkylation sites (tertiary alicyclic amines) is 1. The fourth-order valence-electron chi connectivity index (χ4n) is 2.61. The highest BCUT2D eigenvalue weighted by Crippen LogP contribution is 2.48. The summed E-state index contributed by atoms with van der Waals surface area (Å²) in [5, 5.41) is 0. The van der Waals surface area contributed by atoms with Gasteiger partial charge in [0.25, 0.3) is 0 Å². The fraction of sp³-hybridized carbons (Fsp3) is 1.00. The summed E-state index contributed by atoms with van der Waals surface area (Å²) in [7, 11) is 0. The van der Waals surface area contributed by atoms with E-state index in [0.29, 0.717) is 6.10 Å². The molecular formula is C10H19NO. The van der Waals surface area contributed by atoms with Crippen LogP contribution in [0, 0.1) is 5.92 Å². The van der Waals surface area contributed by atoms with Gasteiger partial charge in [-0.1, -0.05) is 13.8 Å². The molecule has 2 aliphatic rings. The normalized spacial score (nSPS) is 47.2. The van der Waals surface area contributed by atoms with E-state index in [4.69, 9.17) is 4.74 Å². The zero-order chi connectivity index (χ0) is 8.77. The van der Waals surface area contributed by atoms with Crippen LogP contribution >= 0.6 is 0 Å². The van der Waals surface area contributed by atoms with Gasteiger partial charge in [0, 0.05) is 19.0 Å². The Morgan fingerprint density at radius 3 is 2.50 bits per heavy atom. The lowest BCUT2D eigenvalue weighted by molar-refractivity contribution is 0.249. The molecule has 2 nitrogen and oxygen atoms in total. The van der Waals surface area contributed by atoms with Gasteiger partial charge < -0.3 is 9.64 Å². The Kier molecular flexibility index (Phi) is 1.92. The van der Waals surface area contributed by atoms with E-state index < -0.39 is 0 Å². The minimum Gasteiger partial charge on any atom is -0.365 e. The van der Waals surface area contributed by atoms with Crippen molar-refractivity contribution in [1.29, 1.82) is 0 Å². The van der Waals surface area contributed by atoms with E-state index in [0.717, 1.165) is 5.92 Å². The molecule has 2 heterocycles. The van der Waals surface area contributed by atoms with Crippen molar-refractivity contribution in [3.63, 3.8) is 0 Å². The molecule has 3 atom stereocenters. The van der Waals surface area contributed by atoms with Crippen molar-refractivity contribution >= 4 is 0 Å². The van der Waals surface area contributed by atoms with E-state index in [-0.39, 0.29) is 5.60 Å². The zero-order valence-electron chi connectivity index (χ0n) is 8.34. The van der Waals surface area contributed by atoms with Crippen molar-refractivity contribution < 1.29 is 4.74 Å².